The van der Waals surface area contributed by atoms with Gasteiger partial charge in [-0.1, -0.05) is 102 Å². The molecule has 28 heavy (non-hydrogen) atoms. The highest BCUT2D eigenvalue weighted by molar-refractivity contribution is 7.86. The van der Waals surface area contributed by atoms with E-state index in [0.717, 1.165) is 30.3 Å². The lowest BCUT2D eigenvalue weighted by Gasteiger charge is -2.11. The van der Waals surface area contributed by atoms with Gasteiger partial charge in [0.05, 0.1) is 0 Å². The predicted octanol–water partition coefficient (Wildman–Crippen LogP) is 6.12. The topological polar surface area (TPSA) is 80.4 Å². The monoisotopic (exact) mass is 407 g/mol. The quantitative estimate of drug-likeness (QED) is 0.347. The zero-order chi connectivity index (χ0) is 20.8. The average molecular weight is 408 g/mol. The van der Waals surface area contributed by atoms with Crippen molar-refractivity contribution in [3.8, 4) is 0 Å². The van der Waals surface area contributed by atoms with Crippen LogP contribution in [0.15, 0.2) is 41.3 Å². The van der Waals surface area contributed by atoms with Crippen LogP contribution in [-0.2, 0) is 16.5 Å². The molecule has 2 aromatic rings. The Morgan fingerprint density at radius 2 is 1.36 bits per heavy atom. The lowest BCUT2D eigenvalue weighted by Crippen LogP contribution is -2.04. The van der Waals surface area contributed by atoms with Gasteiger partial charge in [-0.2, -0.15) is 8.42 Å². The maximum atomic E-state index is 11.9. The maximum absolute atomic E-state index is 11.9. The molecule has 3 N–H and O–H groups in total. The van der Waals surface area contributed by atoms with Crippen molar-refractivity contribution in [2.24, 2.45) is 5.73 Å². The van der Waals surface area contributed by atoms with Crippen LogP contribution in [0.3, 0.4) is 0 Å². The van der Waals surface area contributed by atoms with Crippen LogP contribution in [0.2, 0.25) is 0 Å². The molecule has 0 aliphatic carbocycles. The minimum Gasteiger partial charge on any atom is -0.331 e. The van der Waals surface area contributed by atoms with Crippen molar-refractivity contribution < 1.29 is 13.0 Å². The molecule has 4 nitrogen and oxygen atoms in total. The number of benzene rings is 2. The number of aryl methyl sites for hydroxylation is 1. The molecule has 0 aliphatic rings. The van der Waals surface area contributed by atoms with Crippen LogP contribution in [0.25, 0.3) is 10.8 Å². The SMILES string of the molecule is CCCCCCCCCCCc1ccc2ccccc2c1S(=O)(=O)O.CCN. The first-order valence-corrected chi connectivity index (χ1v) is 12.1. The Kier molecular flexibility index (Phi) is 12.0. The number of nitrogens with two attached hydrogens (primary N) is 1. The lowest BCUT2D eigenvalue weighted by atomic mass is 10.0. The van der Waals surface area contributed by atoms with Gasteiger partial charge in [-0.3, -0.25) is 4.55 Å². The highest BCUT2D eigenvalue weighted by Gasteiger charge is 2.18. The summed E-state index contributed by atoms with van der Waals surface area (Å²) in [6, 6.07) is 11.1. The summed E-state index contributed by atoms with van der Waals surface area (Å²) in [6.45, 7) is 4.88. The van der Waals surface area contributed by atoms with Gasteiger partial charge in [0, 0.05) is 5.39 Å². The van der Waals surface area contributed by atoms with E-state index in [1.165, 1.54) is 44.9 Å². The molecule has 0 bridgehead atoms. The summed E-state index contributed by atoms with van der Waals surface area (Å²) >= 11 is 0. The molecule has 2 aromatic carbocycles. The van der Waals surface area contributed by atoms with Crippen molar-refractivity contribution in [1.82, 2.24) is 0 Å². The van der Waals surface area contributed by atoms with Gasteiger partial charge in [0.15, 0.2) is 0 Å². The minimum atomic E-state index is -4.22. The van der Waals surface area contributed by atoms with Crippen LogP contribution in [0.1, 0.15) is 77.2 Å². The first-order valence-electron chi connectivity index (χ1n) is 10.6. The molecule has 0 aromatic heterocycles. The lowest BCUT2D eigenvalue weighted by molar-refractivity contribution is 0.482. The Labute approximate surface area is 171 Å². The molecule has 0 unspecified atom stereocenters. The van der Waals surface area contributed by atoms with Crippen molar-refractivity contribution in [3.05, 3.63) is 42.0 Å². The number of rotatable bonds is 11. The van der Waals surface area contributed by atoms with E-state index in [1.54, 1.807) is 12.1 Å². The molecule has 158 valence electrons. The molecule has 0 fully saturated rings. The summed E-state index contributed by atoms with van der Waals surface area (Å²) in [6.07, 6.45) is 11.8. The van der Waals surface area contributed by atoms with Crippen LogP contribution in [0.5, 0.6) is 0 Å². The van der Waals surface area contributed by atoms with E-state index < -0.39 is 10.1 Å². The Bertz CT molecular complexity index is 788. The van der Waals surface area contributed by atoms with E-state index in [2.05, 4.69) is 6.92 Å². The fourth-order valence-corrected chi connectivity index (χ4v) is 4.38. The van der Waals surface area contributed by atoms with Gasteiger partial charge in [0.1, 0.15) is 4.90 Å². The minimum absolute atomic E-state index is 0.0881. The first-order chi connectivity index (χ1) is 13.5. The molecule has 0 amide bonds. The second kappa shape index (κ2) is 13.7. The first kappa shape index (κ1) is 24.6. The second-order valence-corrected chi connectivity index (χ2v) is 8.60. The van der Waals surface area contributed by atoms with Crippen molar-refractivity contribution >= 4 is 20.9 Å². The third-order valence-electron chi connectivity index (χ3n) is 4.77. The zero-order valence-corrected chi connectivity index (χ0v) is 18.3. The largest absolute Gasteiger partial charge is 0.331 e. The number of hydrogen-bond acceptors (Lipinski definition) is 3. The summed E-state index contributed by atoms with van der Waals surface area (Å²) in [5.41, 5.74) is 5.57. The molecule has 0 heterocycles. The normalized spacial score (nSPS) is 11.3. The number of fused-ring (bicyclic) bond motifs is 1. The van der Waals surface area contributed by atoms with Crippen LogP contribution in [0.4, 0.5) is 0 Å². The fraction of sp³-hybridized carbons (Fsp3) is 0.565. The standard InChI is InChI=1S/C21H30O3S.C2H7N/c1-2-3-4-5-6-7-8-9-10-14-19-17-16-18-13-11-12-15-20(18)21(19)25(22,23)24;1-2-3/h11-13,15-17H,2-10,14H2,1H3,(H,22,23,24);2-3H2,1H3. The van der Waals surface area contributed by atoms with Crippen molar-refractivity contribution in [2.45, 2.75) is 83.0 Å². The van der Waals surface area contributed by atoms with Crippen LogP contribution >= 0.6 is 0 Å². The zero-order valence-electron chi connectivity index (χ0n) is 17.5. The molecular weight excluding hydrogens is 370 g/mol. The Morgan fingerprint density at radius 1 is 0.821 bits per heavy atom. The molecule has 0 saturated carbocycles. The highest BCUT2D eigenvalue weighted by atomic mass is 32.2. The van der Waals surface area contributed by atoms with Crippen molar-refractivity contribution in [2.75, 3.05) is 6.54 Å². The molecule has 0 saturated heterocycles. The molecule has 0 atom stereocenters. The number of hydrogen-bond donors (Lipinski definition) is 2. The summed E-state index contributed by atoms with van der Waals surface area (Å²) < 4.78 is 33.5. The Morgan fingerprint density at radius 3 is 1.93 bits per heavy atom. The van der Waals surface area contributed by atoms with E-state index in [9.17, 15) is 13.0 Å². The van der Waals surface area contributed by atoms with Gasteiger partial charge in [-0.15, -0.1) is 0 Å². The highest BCUT2D eigenvalue weighted by Crippen LogP contribution is 2.28. The van der Waals surface area contributed by atoms with E-state index in [-0.39, 0.29) is 4.90 Å². The fourth-order valence-electron chi connectivity index (χ4n) is 3.42. The average Bonchev–Trinajstić information content (AvgIpc) is 2.66. The van der Waals surface area contributed by atoms with Gasteiger partial charge < -0.3 is 5.73 Å². The van der Waals surface area contributed by atoms with Gasteiger partial charge >= 0.3 is 0 Å². The summed E-state index contributed by atoms with van der Waals surface area (Å²) in [4.78, 5) is 0.0881. The van der Waals surface area contributed by atoms with Gasteiger partial charge in [-0.25, -0.2) is 0 Å². The molecule has 5 heteroatoms. The number of unbranched alkanes of at least 4 members (excludes halogenated alkanes) is 8. The summed E-state index contributed by atoms with van der Waals surface area (Å²) in [5, 5.41) is 1.45. The van der Waals surface area contributed by atoms with Gasteiger partial charge in [0.2, 0.25) is 0 Å². The summed E-state index contributed by atoms with van der Waals surface area (Å²) in [5.74, 6) is 0. The van der Waals surface area contributed by atoms with Gasteiger partial charge in [0.25, 0.3) is 10.1 Å². The summed E-state index contributed by atoms with van der Waals surface area (Å²) in [7, 11) is -4.22. The molecule has 0 spiro atoms. The molecule has 2 rings (SSSR count). The van der Waals surface area contributed by atoms with E-state index in [4.69, 9.17) is 5.73 Å². The third kappa shape index (κ3) is 8.72. The van der Waals surface area contributed by atoms with E-state index in [1.807, 2.05) is 31.2 Å². The Hall–Kier alpha value is -1.43. The second-order valence-electron chi connectivity index (χ2n) is 7.24. The predicted molar refractivity (Wildman–Crippen MR) is 119 cm³/mol. The smallest absolute Gasteiger partial charge is 0.295 e. The van der Waals surface area contributed by atoms with Gasteiger partial charge in [-0.05, 0) is 30.3 Å². The van der Waals surface area contributed by atoms with Crippen LogP contribution < -0.4 is 5.73 Å². The third-order valence-corrected chi connectivity index (χ3v) is 5.77. The van der Waals surface area contributed by atoms with E-state index >= 15 is 0 Å². The van der Waals surface area contributed by atoms with Crippen molar-refractivity contribution in [1.29, 1.82) is 0 Å². The maximum Gasteiger partial charge on any atom is 0.295 e. The van der Waals surface area contributed by atoms with Crippen LogP contribution in [0, 0.1) is 0 Å². The van der Waals surface area contributed by atoms with E-state index in [0.29, 0.717) is 11.8 Å². The van der Waals surface area contributed by atoms with Crippen molar-refractivity contribution in [3.63, 3.8) is 0 Å². The molecule has 0 radical (unpaired) electrons. The Balaban J connectivity index is 0.00000122. The van der Waals surface area contributed by atoms with Crippen LogP contribution in [-0.4, -0.2) is 19.5 Å². The molecular formula is C23H37NO3S. The molecule has 0 aliphatic heterocycles.